The standard InChI is InChI=1S/C14H22N4O3/c1-4-9(2)7-10(3)16-14(19)11-5-6-12(17-15)13(8-11)18(20)21/h5-6,8-10,17H,4,7,15H2,1-3H3,(H,16,19). The number of nitrogens with one attached hydrogen (secondary N) is 2. The van der Waals surface area contributed by atoms with Crippen molar-refractivity contribution in [2.45, 2.75) is 39.7 Å². The number of nitrogen functional groups attached to an aromatic ring is 1. The van der Waals surface area contributed by atoms with Gasteiger partial charge >= 0.3 is 0 Å². The van der Waals surface area contributed by atoms with Gasteiger partial charge in [-0.25, -0.2) is 0 Å². The molecule has 4 N–H and O–H groups in total. The van der Waals surface area contributed by atoms with Crippen LogP contribution < -0.4 is 16.6 Å². The molecule has 0 aliphatic rings. The van der Waals surface area contributed by atoms with Gasteiger partial charge in [-0.15, -0.1) is 0 Å². The summed E-state index contributed by atoms with van der Waals surface area (Å²) in [7, 11) is 0. The summed E-state index contributed by atoms with van der Waals surface area (Å²) in [5, 5.41) is 13.8. The fourth-order valence-electron chi connectivity index (χ4n) is 2.08. The number of nitro benzene ring substituents is 1. The fraction of sp³-hybridized carbons (Fsp3) is 0.500. The van der Waals surface area contributed by atoms with Crippen molar-refractivity contribution in [2.75, 3.05) is 5.43 Å². The molecule has 0 spiro atoms. The van der Waals surface area contributed by atoms with Crippen LogP contribution in [0.1, 0.15) is 44.0 Å². The molecule has 2 unspecified atom stereocenters. The molecule has 0 bridgehead atoms. The summed E-state index contributed by atoms with van der Waals surface area (Å²) in [6.07, 6.45) is 1.91. The normalized spacial score (nSPS) is 13.3. The van der Waals surface area contributed by atoms with Crippen molar-refractivity contribution in [1.29, 1.82) is 0 Å². The molecule has 0 saturated heterocycles. The molecule has 1 rings (SSSR count). The maximum absolute atomic E-state index is 12.1. The lowest BCUT2D eigenvalue weighted by Crippen LogP contribution is -2.33. The van der Waals surface area contributed by atoms with E-state index in [0.29, 0.717) is 5.92 Å². The molecule has 7 nitrogen and oxygen atoms in total. The number of nitro groups is 1. The number of rotatable bonds is 7. The van der Waals surface area contributed by atoms with Crippen LogP contribution in [0.4, 0.5) is 11.4 Å². The van der Waals surface area contributed by atoms with E-state index in [4.69, 9.17) is 5.84 Å². The van der Waals surface area contributed by atoms with E-state index in [1.165, 1.54) is 18.2 Å². The van der Waals surface area contributed by atoms with Crippen molar-refractivity contribution in [2.24, 2.45) is 11.8 Å². The summed E-state index contributed by atoms with van der Waals surface area (Å²) >= 11 is 0. The molecule has 0 fully saturated rings. The summed E-state index contributed by atoms with van der Waals surface area (Å²) in [5.74, 6) is 5.40. The zero-order valence-corrected chi connectivity index (χ0v) is 12.6. The molecule has 2 atom stereocenters. The molecule has 0 heterocycles. The molecule has 0 aliphatic heterocycles. The van der Waals surface area contributed by atoms with Crippen molar-refractivity contribution >= 4 is 17.3 Å². The first kappa shape index (κ1) is 16.9. The lowest BCUT2D eigenvalue weighted by atomic mass is 10.00. The highest BCUT2D eigenvalue weighted by atomic mass is 16.6. The summed E-state index contributed by atoms with van der Waals surface area (Å²) in [4.78, 5) is 22.5. The number of anilines is 1. The zero-order valence-electron chi connectivity index (χ0n) is 12.6. The van der Waals surface area contributed by atoms with Crippen LogP contribution in [0.2, 0.25) is 0 Å². The molecule has 0 radical (unpaired) electrons. The van der Waals surface area contributed by atoms with Gasteiger partial charge in [-0.2, -0.15) is 0 Å². The minimum atomic E-state index is -0.575. The van der Waals surface area contributed by atoms with Gasteiger partial charge in [0, 0.05) is 17.7 Å². The highest BCUT2D eigenvalue weighted by Gasteiger charge is 2.18. The maximum atomic E-state index is 12.1. The number of hydrogen-bond acceptors (Lipinski definition) is 5. The van der Waals surface area contributed by atoms with Crippen molar-refractivity contribution in [3.63, 3.8) is 0 Å². The van der Waals surface area contributed by atoms with E-state index in [2.05, 4.69) is 24.6 Å². The molecular weight excluding hydrogens is 272 g/mol. The molecule has 0 aliphatic carbocycles. The van der Waals surface area contributed by atoms with Crippen LogP contribution in [0.15, 0.2) is 18.2 Å². The summed E-state index contributed by atoms with van der Waals surface area (Å²) in [6, 6.07) is 4.17. The van der Waals surface area contributed by atoms with Gasteiger partial charge < -0.3 is 10.7 Å². The Labute approximate surface area is 124 Å². The number of carbonyl (C=O) groups is 1. The Balaban J connectivity index is 2.83. The highest BCUT2D eigenvalue weighted by molar-refractivity contribution is 5.95. The van der Waals surface area contributed by atoms with E-state index >= 15 is 0 Å². The minimum Gasteiger partial charge on any atom is -0.350 e. The Hall–Kier alpha value is -2.15. The second-order valence-electron chi connectivity index (χ2n) is 5.26. The third-order valence-electron chi connectivity index (χ3n) is 3.44. The zero-order chi connectivity index (χ0) is 16.0. The maximum Gasteiger partial charge on any atom is 0.294 e. The third-order valence-corrected chi connectivity index (χ3v) is 3.44. The molecular formula is C14H22N4O3. The Kier molecular flexibility index (Phi) is 6.10. The molecule has 21 heavy (non-hydrogen) atoms. The number of amides is 1. The van der Waals surface area contributed by atoms with E-state index in [0.717, 1.165) is 12.8 Å². The van der Waals surface area contributed by atoms with E-state index in [1.807, 2.05) is 6.92 Å². The average molecular weight is 294 g/mol. The monoisotopic (exact) mass is 294 g/mol. The lowest BCUT2D eigenvalue weighted by Gasteiger charge is -2.17. The largest absolute Gasteiger partial charge is 0.350 e. The van der Waals surface area contributed by atoms with Gasteiger partial charge in [0.2, 0.25) is 0 Å². The number of carbonyl (C=O) groups excluding carboxylic acids is 1. The van der Waals surface area contributed by atoms with Crippen LogP contribution in [0.25, 0.3) is 0 Å². The topological polar surface area (TPSA) is 110 Å². The van der Waals surface area contributed by atoms with Crippen LogP contribution in [0, 0.1) is 16.0 Å². The van der Waals surface area contributed by atoms with Crippen molar-refractivity contribution in [1.82, 2.24) is 5.32 Å². The third kappa shape index (κ3) is 4.71. The van der Waals surface area contributed by atoms with Crippen LogP contribution in [-0.4, -0.2) is 16.9 Å². The second kappa shape index (κ2) is 7.58. The molecule has 1 aromatic carbocycles. The van der Waals surface area contributed by atoms with Gasteiger partial charge in [0.25, 0.3) is 11.6 Å². The SMILES string of the molecule is CCC(C)CC(C)NC(=O)c1ccc(NN)c([N+](=O)[O-])c1. The Bertz CT molecular complexity index is 519. The molecule has 116 valence electrons. The molecule has 0 saturated carbocycles. The van der Waals surface area contributed by atoms with Gasteiger partial charge in [0.1, 0.15) is 5.69 Å². The molecule has 0 aromatic heterocycles. The van der Waals surface area contributed by atoms with Crippen molar-refractivity contribution in [3.05, 3.63) is 33.9 Å². The smallest absolute Gasteiger partial charge is 0.294 e. The van der Waals surface area contributed by atoms with E-state index < -0.39 is 4.92 Å². The Morgan fingerprint density at radius 2 is 2.10 bits per heavy atom. The Morgan fingerprint density at radius 1 is 1.43 bits per heavy atom. The van der Waals surface area contributed by atoms with Crippen LogP contribution >= 0.6 is 0 Å². The quantitative estimate of drug-likeness (QED) is 0.406. The van der Waals surface area contributed by atoms with Crippen molar-refractivity contribution < 1.29 is 9.72 Å². The number of nitrogens with zero attached hydrogens (tertiary/aromatic N) is 1. The van der Waals surface area contributed by atoms with Crippen molar-refractivity contribution in [3.8, 4) is 0 Å². The number of hydrazine groups is 1. The van der Waals surface area contributed by atoms with Crippen LogP contribution in [0.5, 0.6) is 0 Å². The van der Waals surface area contributed by atoms with Gasteiger partial charge in [0.15, 0.2) is 0 Å². The molecule has 1 amide bonds. The summed E-state index contributed by atoms with van der Waals surface area (Å²) < 4.78 is 0. The van der Waals surface area contributed by atoms with Gasteiger partial charge in [-0.05, 0) is 31.4 Å². The Morgan fingerprint density at radius 3 is 2.62 bits per heavy atom. The predicted octanol–water partition coefficient (Wildman–Crippen LogP) is 2.43. The molecule has 7 heteroatoms. The summed E-state index contributed by atoms with van der Waals surface area (Å²) in [6.45, 7) is 6.14. The minimum absolute atomic E-state index is 0.0128. The first-order valence-corrected chi connectivity index (χ1v) is 6.94. The molecule has 1 aromatic rings. The van der Waals surface area contributed by atoms with E-state index in [-0.39, 0.29) is 28.9 Å². The first-order valence-electron chi connectivity index (χ1n) is 6.94. The number of nitrogens with two attached hydrogens (primary N) is 1. The highest BCUT2D eigenvalue weighted by Crippen LogP contribution is 2.24. The van der Waals surface area contributed by atoms with Gasteiger partial charge in [-0.1, -0.05) is 20.3 Å². The van der Waals surface area contributed by atoms with Gasteiger partial charge in [-0.3, -0.25) is 20.8 Å². The van der Waals surface area contributed by atoms with E-state index in [9.17, 15) is 14.9 Å². The lowest BCUT2D eigenvalue weighted by molar-refractivity contribution is -0.384. The van der Waals surface area contributed by atoms with E-state index in [1.54, 1.807) is 0 Å². The van der Waals surface area contributed by atoms with Crippen LogP contribution in [0.3, 0.4) is 0 Å². The predicted molar refractivity (Wildman–Crippen MR) is 81.9 cm³/mol. The number of hydrogen-bond donors (Lipinski definition) is 3. The average Bonchev–Trinajstić information content (AvgIpc) is 2.45. The number of benzene rings is 1. The first-order chi connectivity index (χ1) is 9.88. The van der Waals surface area contributed by atoms with Gasteiger partial charge in [0.05, 0.1) is 4.92 Å². The second-order valence-corrected chi connectivity index (χ2v) is 5.26. The summed E-state index contributed by atoms with van der Waals surface area (Å²) in [5.41, 5.74) is 2.44. The fourth-order valence-corrected chi connectivity index (χ4v) is 2.08. The van der Waals surface area contributed by atoms with Crippen LogP contribution in [-0.2, 0) is 0 Å².